The van der Waals surface area contributed by atoms with E-state index >= 15 is 0 Å². The lowest BCUT2D eigenvalue weighted by Crippen LogP contribution is -2.55. The molecular weight excluding hydrogens is 260 g/mol. The molecule has 4 aliphatic rings. The molecule has 114 valence electrons. The summed E-state index contributed by atoms with van der Waals surface area (Å²) < 4.78 is 0. The fraction of sp³-hybridized carbons (Fsp3) is 0.789. The largest absolute Gasteiger partial charge is 0.299 e. The van der Waals surface area contributed by atoms with Crippen molar-refractivity contribution in [2.75, 3.05) is 0 Å². The highest BCUT2D eigenvalue weighted by molar-refractivity contribution is 5.88. The van der Waals surface area contributed by atoms with Crippen LogP contribution >= 0.6 is 0 Å². The Balaban J connectivity index is 1.73. The molecule has 4 aliphatic carbocycles. The van der Waals surface area contributed by atoms with Gasteiger partial charge in [-0.15, -0.1) is 0 Å². The summed E-state index contributed by atoms with van der Waals surface area (Å²) in [6.07, 6.45) is 11.2. The minimum atomic E-state index is -0.116. The van der Waals surface area contributed by atoms with Crippen molar-refractivity contribution in [3.63, 3.8) is 0 Å². The lowest BCUT2D eigenvalue weighted by molar-refractivity contribution is -0.151. The van der Waals surface area contributed by atoms with E-state index < -0.39 is 0 Å². The van der Waals surface area contributed by atoms with E-state index in [0.29, 0.717) is 29.3 Å². The van der Waals surface area contributed by atoms with Gasteiger partial charge in [-0.05, 0) is 55.3 Å². The van der Waals surface area contributed by atoms with Crippen molar-refractivity contribution < 1.29 is 9.59 Å². The van der Waals surface area contributed by atoms with E-state index in [1.165, 1.54) is 0 Å². The third-order valence-corrected chi connectivity index (χ3v) is 7.71. The van der Waals surface area contributed by atoms with E-state index in [2.05, 4.69) is 26.0 Å². The Morgan fingerprint density at radius 2 is 1.90 bits per heavy atom. The number of ketones is 2. The van der Waals surface area contributed by atoms with Crippen LogP contribution in [0.15, 0.2) is 12.2 Å². The Bertz CT molecular complexity index is 534. The second kappa shape index (κ2) is 4.30. The zero-order valence-corrected chi connectivity index (χ0v) is 13.2. The van der Waals surface area contributed by atoms with Gasteiger partial charge in [0.15, 0.2) is 0 Å². The zero-order valence-electron chi connectivity index (χ0n) is 13.2. The van der Waals surface area contributed by atoms with Crippen LogP contribution < -0.4 is 0 Å². The van der Waals surface area contributed by atoms with E-state index in [1.54, 1.807) is 0 Å². The van der Waals surface area contributed by atoms with Crippen molar-refractivity contribution >= 4 is 11.6 Å². The van der Waals surface area contributed by atoms with Gasteiger partial charge in [0.1, 0.15) is 11.6 Å². The molecular formula is C19H26O2. The first-order valence-corrected chi connectivity index (χ1v) is 8.68. The minimum absolute atomic E-state index is 0.116. The van der Waals surface area contributed by atoms with Crippen LogP contribution in [0.1, 0.15) is 58.8 Å². The second-order valence-corrected chi connectivity index (χ2v) is 8.43. The van der Waals surface area contributed by atoms with Gasteiger partial charge in [-0.2, -0.15) is 0 Å². The van der Waals surface area contributed by atoms with E-state index in [9.17, 15) is 9.59 Å². The maximum absolute atomic E-state index is 12.7. The van der Waals surface area contributed by atoms with Crippen molar-refractivity contribution in [2.45, 2.75) is 58.8 Å². The molecule has 3 fully saturated rings. The van der Waals surface area contributed by atoms with Gasteiger partial charge >= 0.3 is 0 Å². The number of hydrogen-bond donors (Lipinski definition) is 0. The van der Waals surface area contributed by atoms with Gasteiger partial charge in [-0.3, -0.25) is 9.59 Å². The smallest absolute Gasteiger partial charge is 0.139 e. The molecule has 0 bridgehead atoms. The van der Waals surface area contributed by atoms with Crippen LogP contribution in [-0.2, 0) is 9.59 Å². The molecule has 21 heavy (non-hydrogen) atoms. The van der Waals surface area contributed by atoms with Crippen LogP contribution in [0.25, 0.3) is 0 Å². The lowest BCUT2D eigenvalue weighted by atomic mass is 9.46. The Morgan fingerprint density at radius 1 is 1.10 bits per heavy atom. The number of carbonyl (C=O) groups excluding carboxylic acids is 2. The van der Waals surface area contributed by atoms with Crippen molar-refractivity contribution in [1.29, 1.82) is 0 Å². The van der Waals surface area contributed by atoms with Gasteiger partial charge in [-0.25, -0.2) is 0 Å². The predicted molar refractivity (Wildman–Crippen MR) is 81.6 cm³/mol. The Morgan fingerprint density at radius 3 is 2.71 bits per heavy atom. The summed E-state index contributed by atoms with van der Waals surface area (Å²) in [6.45, 7) is 4.54. The molecule has 0 heterocycles. The van der Waals surface area contributed by atoms with Crippen molar-refractivity contribution in [3.8, 4) is 0 Å². The first-order valence-electron chi connectivity index (χ1n) is 8.68. The zero-order chi connectivity index (χ0) is 14.8. The Kier molecular flexibility index (Phi) is 2.81. The molecule has 4 rings (SSSR count). The second-order valence-electron chi connectivity index (χ2n) is 8.43. The van der Waals surface area contributed by atoms with Crippen molar-refractivity contribution in [3.05, 3.63) is 12.2 Å². The molecule has 6 unspecified atom stereocenters. The Hall–Kier alpha value is -0.920. The fourth-order valence-corrected chi connectivity index (χ4v) is 6.43. The number of hydrogen-bond acceptors (Lipinski definition) is 2. The summed E-state index contributed by atoms with van der Waals surface area (Å²) in [5, 5.41) is 0. The van der Waals surface area contributed by atoms with Crippen LogP contribution in [0, 0.1) is 34.5 Å². The third-order valence-electron chi connectivity index (χ3n) is 7.71. The number of allylic oxidation sites excluding steroid dienone is 2. The molecule has 0 radical (unpaired) electrons. The maximum atomic E-state index is 12.7. The number of carbonyl (C=O) groups is 2. The molecule has 0 spiro atoms. The lowest BCUT2D eigenvalue weighted by Gasteiger charge is -2.57. The SMILES string of the molecule is CC12CCC3C(CC(=O)C4CC=CCC43C)C1CCC2=O. The number of Topliss-reactive ketones (excluding diaryl/α,β-unsaturated/α-hetero) is 2. The van der Waals surface area contributed by atoms with E-state index in [-0.39, 0.29) is 16.7 Å². The molecule has 2 heteroatoms. The van der Waals surface area contributed by atoms with E-state index in [4.69, 9.17) is 0 Å². The summed E-state index contributed by atoms with van der Waals surface area (Å²) in [6, 6.07) is 0. The third kappa shape index (κ3) is 1.65. The van der Waals surface area contributed by atoms with Gasteiger partial charge in [0.05, 0.1) is 0 Å². The first kappa shape index (κ1) is 13.7. The van der Waals surface area contributed by atoms with Crippen molar-refractivity contribution in [1.82, 2.24) is 0 Å². The molecule has 0 amide bonds. The topological polar surface area (TPSA) is 34.1 Å². The van der Waals surface area contributed by atoms with Crippen LogP contribution in [0.2, 0.25) is 0 Å². The van der Waals surface area contributed by atoms with Crippen LogP contribution in [-0.4, -0.2) is 11.6 Å². The monoisotopic (exact) mass is 286 g/mol. The minimum Gasteiger partial charge on any atom is -0.299 e. The normalized spacial score (nSPS) is 52.3. The molecule has 2 nitrogen and oxygen atoms in total. The summed E-state index contributed by atoms with van der Waals surface area (Å²) in [5.74, 6) is 2.77. The summed E-state index contributed by atoms with van der Waals surface area (Å²) >= 11 is 0. The molecule has 6 atom stereocenters. The van der Waals surface area contributed by atoms with Crippen LogP contribution in [0.5, 0.6) is 0 Å². The number of fused-ring (bicyclic) bond motifs is 5. The molecule has 0 aromatic rings. The van der Waals surface area contributed by atoms with E-state index in [1.807, 2.05) is 0 Å². The average molecular weight is 286 g/mol. The van der Waals surface area contributed by atoms with Crippen LogP contribution in [0.4, 0.5) is 0 Å². The number of rotatable bonds is 0. The van der Waals surface area contributed by atoms with Gasteiger partial charge in [0.25, 0.3) is 0 Å². The average Bonchev–Trinajstić information content (AvgIpc) is 2.75. The highest BCUT2D eigenvalue weighted by Gasteiger charge is 2.61. The van der Waals surface area contributed by atoms with Gasteiger partial charge in [-0.1, -0.05) is 26.0 Å². The van der Waals surface area contributed by atoms with Gasteiger partial charge < -0.3 is 0 Å². The molecule has 3 saturated carbocycles. The molecule has 0 aromatic heterocycles. The summed E-state index contributed by atoms with van der Waals surface area (Å²) in [7, 11) is 0. The first-order chi connectivity index (χ1) is 9.97. The predicted octanol–water partition coefficient (Wildman–Crippen LogP) is 3.94. The molecule has 0 saturated heterocycles. The Labute approximate surface area is 127 Å². The van der Waals surface area contributed by atoms with Crippen LogP contribution in [0.3, 0.4) is 0 Å². The molecule has 0 aliphatic heterocycles. The standard InChI is InChI=1S/C19H26O2/c1-18-9-4-3-5-15(18)16(20)11-12-13-6-7-17(21)19(13,2)10-8-14(12)18/h3-4,12-15H,5-11H2,1-2H3. The molecule has 0 aromatic carbocycles. The fourth-order valence-electron chi connectivity index (χ4n) is 6.43. The quantitative estimate of drug-likeness (QED) is 0.632. The highest BCUT2D eigenvalue weighted by Crippen LogP contribution is 2.64. The van der Waals surface area contributed by atoms with Gasteiger partial charge in [0.2, 0.25) is 0 Å². The highest BCUT2D eigenvalue weighted by atomic mass is 16.1. The van der Waals surface area contributed by atoms with Gasteiger partial charge in [0, 0.05) is 24.2 Å². The maximum Gasteiger partial charge on any atom is 0.139 e. The summed E-state index contributed by atoms with van der Waals surface area (Å²) in [4.78, 5) is 25.1. The van der Waals surface area contributed by atoms with Crippen molar-refractivity contribution in [2.24, 2.45) is 34.5 Å². The summed E-state index contributed by atoms with van der Waals surface area (Å²) in [5.41, 5.74) is 0.0386. The molecule has 0 N–H and O–H groups in total. The van der Waals surface area contributed by atoms with E-state index in [0.717, 1.165) is 44.9 Å².